The van der Waals surface area contributed by atoms with Crippen molar-refractivity contribution in [2.75, 3.05) is 50.2 Å². The van der Waals surface area contributed by atoms with Crippen molar-refractivity contribution in [3.05, 3.63) is 103 Å². The number of carbonyl (C=O) groups is 1. The summed E-state index contributed by atoms with van der Waals surface area (Å²) in [5, 5.41) is 24.3. The Morgan fingerprint density at radius 3 is 2.25 bits per heavy atom. The maximum absolute atomic E-state index is 13.0. The van der Waals surface area contributed by atoms with Crippen LogP contribution in [0.3, 0.4) is 0 Å². The Morgan fingerprint density at radius 2 is 1.50 bits per heavy atom. The third kappa shape index (κ3) is 8.64. The van der Waals surface area contributed by atoms with Gasteiger partial charge in [-0.25, -0.2) is 4.79 Å². The largest absolute Gasteiger partial charge is 0.461 e. The van der Waals surface area contributed by atoms with E-state index in [2.05, 4.69) is 31.7 Å². The van der Waals surface area contributed by atoms with Gasteiger partial charge in [0.2, 0.25) is 10.9 Å². The predicted molar refractivity (Wildman–Crippen MR) is 151 cm³/mol. The van der Waals surface area contributed by atoms with Crippen LogP contribution in [-0.2, 0) is 9.47 Å². The number of carbonyl (C=O) groups excluding carboxylic acids is 1. The second-order valence-corrected chi connectivity index (χ2v) is 8.41. The van der Waals surface area contributed by atoms with Gasteiger partial charge in [0, 0.05) is 18.7 Å². The molecule has 0 heterocycles. The highest BCUT2D eigenvalue weighted by atomic mass is 16.6. The SMILES string of the molecule is CCNCCOC(=O)c1ccccc1N/N=c1/ccc(=O)/c(=N\Nc2ccccc2C(O)OCCNCC)c1=O. The zero-order valence-corrected chi connectivity index (χ0v) is 22.5. The van der Waals surface area contributed by atoms with E-state index >= 15 is 0 Å². The number of hydrogen-bond acceptors (Lipinski definition) is 12. The third-order valence-electron chi connectivity index (χ3n) is 5.60. The summed E-state index contributed by atoms with van der Waals surface area (Å²) in [7, 11) is 0. The molecule has 0 radical (unpaired) electrons. The van der Waals surface area contributed by atoms with Gasteiger partial charge in [0.15, 0.2) is 11.6 Å². The van der Waals surface area contributed by atoms with E-state index < -0.39 is 28.5 Å². The topological polar surface area (TPSA) is 163 Å². The summed E-state index contributed by atoms with van der Waals surface area (Å²) in [5.74, 6) is -0.542. The van der Waals surface area contributed by atoms with Crippen LogP contribution in [0.15, 0.2) is 80.5 Å². The number of anilines is 2. The third-order valence-corrected chi connectivity index (χ3v) is 5.60. The van der Waals surface area contributed by atoms with Gasteiger partial charge in [-0.15, -0.1) is 0 Å². The van der Waals surface area contributed by atoms with Crippen LogP contribution in [0.25, 0.3) is 0 Å². The summed E-state index contributed by atoms with van der Waals surface area (Å²) in [5.41, 5.74) is 5.39. The molecule has 212 valence electrons. The molecule has 0 spiro atoms. The first-order chi connectivity index (χ1) is 19.5. The van der Waals surface area contributed by atoms with Gasteiger partial charge in [0.1, 0.15) is 12.0 Å². The summed E-state index contributed by atoms with van der Waals surface area (Å²) in [4.78, 5) is 38.0. The van der Waals surface area contributed by atoms with E-state index in [1.807, 2.05) is 13.8 Å². The fourth-order valence-electron chi connectivity index (χ4n) is 3.53. The molecule has 0 aliphatic carbocycles. The highest BCUT2D eigenvalue weighted by Crippen LogP contribution is 2.23. The van der Waals surface area contributed by atoms with E-state index in [-0.39, 0.29) is 24.1 Å². The smallest absolute Gasteiger partial charge is 0.340 e. The van der Waals surface area contributed by atoms with Crippen LogP contribution in [0.1, 0.15) is 36.1 Å². The van der Waals surface area contributed by atoms with E-state index in [1.165, 1.54) is 12.1 Å². The van der Waals surface area contributed by atoms with Crippen molar-refractivity contribution in [1.82, 2.24) is 10.6 Å². The van der Waals surface area contributed by atoms with Crippen molar-refractivity contribution in [3.8, 4) is 0 Å². The van der Waals surface area contributed by atoms with E-state index in [0.29, 0.717) is 30.0 Å². The Kier molecular flexibility index (Phi) is 12.1. The molecule has 40 heavy (non-hydrogen) atoms. The quantitative estimate of drug-likeness (QED) is 0.0780. The fourth-order valence-corrected chi connectivity index (χ4v) is 3.53. The van der Waals surface area contributed by atoms with Gasteiger partial charge in [-0.05, 0) is 43.4 Å². The number of ether oxygens (including phenoxy) is 2. The zero-order valence-electron chi connectivity index (χ0n) is 22.5. The molecule has 1 unspecified atom stereocenters. The molecule has 0 aromatic heterocycles. The van der Waals surface area contributed by atoms with Gasteiger partial charge in [-0.1, -0.05) is 44.2 Å². The first-order valence-electron chi connectivity index (χ1n) is 13.0. The van der Waals surface area contributed by atoms with Gasteiger partial charge in [0.25, 0.3) is 0 Å². The molecule has 0 aliphatic heterocycles. The van der Waals surface area contributed by atoms with Gasteiger partial charge in [-0.3, -0.25) is 20.4 Å². The van der Waals surface area contributed by atoms with Gasteiger partial charge in [-0.2, -0.15) is 10.2 Å². The van der Waals surface area contributed by atoms with Crippen molar-refractivity contribution in [3.63, 3.8) is 0 Å². The van der Waals surface area contributed by atoms with Crippen LogP contribution in [-0.4, -0.2) is 50.5 Å². The number of nitrogens with zero attached hydrogens (tertiary/aromatic N) is 2. The second kappa shape index (κ2) is 16.0. The number of benzene rings is 3. The fraction of sp³-hybridized carbons (Fsp3) is 0.321. The average Bonchev–Trinajstić information content (AvgIpc) is 2.97. The lowest BCUT2D eigenvalue weighted by atomic mass is 10.2. The number of rotatable bonds is 15. The number of para-hydroxylation sites is 2. The summed E-state index contributed by atoms with van der Waals surface area (Å²) in [6, 6.07) is 15.7. The van der Waals surface area contributed by atoms with Crippen molar-refractivity contribution in [1.29, 1.82) is 0 Å². The normalized spacial score (nSPS) is 12.8. The molecular formula is C28H34N6O6. The van der Waals surface area contributed by atoms with Crippen LogP contribution in [0.2, 0.25) is 0 Å². The Morgan fingerprint density at radius 1 is 0.850 bits per heavy atom. The molecule has 12 heteroatoms. The molecular weight excluding hydrogens is 516 g/mol. The summed E-state index contributed by atoms with van der Waals surface area (Å²) < 4.78 is 10.7. The van der Waals surface area contributed by atoms with Crippen LogP contribution in [0.5, 0.6) is 0 Å². The summed E-state index contributed by atoms with van der Waals surface area (Å²) in [6.07, 6.45) is -1.24. The van der Waals surface area contributed by atoms with Crippen molar-refractivity contribution >= 4 is 17.3 Å². The lowest BCUT2D eigenvalue weighted by Crippen LogP contribution is -2.48. The van der Waals surface area contributed by atoms with Gasteiger partial charge in [0.05, 0.1) is 23.5 Å². The molecule has 0 amide bonds. The Balaban J connectivity index is 1.82. The standard InChI is InChI=1S/C28H34N6O6/c1-3-29-15-17-39-27(37)19-9-5-7-11-21(19)31-33-23-13-14-24(35)25(26(23)36)34-32-22-12-8-6-10-20(22)28(38)40-18-16-30-4-2/h5-14,28-32,38H,3-4,15-18H2,1-2H3/b33-23-,34-25+. The molecule has 0 fully saturated rings. The number of aliphatic hydroxyl groups is 1. The van der Waals surface area contributed by atoms with E-state index in [0.717, 1.165) is 13.1 Å². The summed E-state index contributed by atoms with van der Waals surface area (Å²) >= 11 is 0. The maximum Gasteiger partial charge on any atom is 0.340 e. The van der Waals surface area contributed by atoms with Gasteiger partial charge >= 0.3 is 5.97 Å². The van der Waals surface area contributed by atoms with Crippen molar-refractivity contribution in [2.45, 2.75) is 20.1 Å². The Hall–Kier alpha value is -4.23. The molecule has 0 aliphatic rings. The minimum atomic E-state index is -1.24. The summed E-state index contributed by atoms with van der Waals surface area (Å²) in [6.45, 7) is 7.04. The zero-order chi connectivity index (χ0) is 28.7. The molecule has 5 N–H and O–H groups in total. The van der Waals surface area contributed by atoms with E-state index in [1.54, 1.807) is 48.5 Å². The van der Waals surface area contributed by atoms with E-state index in [9.17, 15) is 19.5 Å². The highest BCUT2D eigenvalue weighted by molar-refractivity contribution is 5.95. The number of likely N-dealkylation sites (N-methyl/N-ethyl adjacent to an activating group) is 2. The maximum atomic E-state index is 13.0. The number of aliphatic hydroxyl groups excluding tert-OH is 1. The minimum Gasteiger partial charge on any atom is -0.461 e. The van der Waals surface area contributed by atoms with Crippen LogP contribution >= 0.6 is 0 Å². The molecule has 3 rings (SSSR count). The van der Waals surface area contributed by atoms with Crippen LogP contribution in [0.4, 0.5) is 11.4 Å². The molecule has 0 bridgehead atoms. The van der Waals surface area contributed by atoms with Gasteiger partial charge < -0.3 is 25.2 Å². The predicted octanol–water partition coefficient (Wildman–Crippen LogP) is 0.522. The lowest BCUT2D eigenvalue weighted by molar-refractivity contribution is -0.101. The monoisotopic (exact) mass is 550 g/mol. The molecule has 12 nitrogen and oxygen atoms in total. The molecule has 0 saturated carbocycles. The first-order valence-corrected chi connectivity index (χ1v) is 13.0. The number of hydrogen-bond donors (Lipinski definition) is 5. The van der Waals surface area contributed by atoms with Crippen molar-refractivity contribution in [2.24, 2.45) is 10.2 Å². The first kappa shape index (κ1) is 30.3. The molecule has 0 saturated heterocycles. The molecule has 1 atom stereocenters. The Bertz CT molecular complexity index is 1490. The number of esters is 1. The second-order valence-electron chi connectivity index (χ2n) is 8.41. The molecule has 3 aromatic carbocycles. The van der Waals surface area contributed by atoms with Crippen LogP contribution in [0, 0.1) is 0 Å². The lowest BCUT2D eigenvalue weighted by Gasteiger charge is -2.15. The molecule has 3 aromatic rings. The van der Waals surface area contributed by atoms with Crippen LogP contribution < -0.4 is 43.1 Å². The Labute approximate surface area is 231 Å². The highest BCUT2D eigenvalue weighted by Gasteiger charge is 2.13. The van der Waals surface area contributed by atoms with Crippen molar-refractivity contribution < 1.29 is 19.4 Å². The average molecular weight is 551 g/mol. The number of nitrogens with one attached hydrogen (secondary N) is 4. The van der Waals surface area contributed by atoms with E-state index in [4.69, 9.17) is 9.47 Å². The minimum absolute atomic E-state index is 0.0875.